The van der Waals surface area contributed by atoms with Crippen molar-refractivity contribution in [2.24, 2.45) is 5.92 Å². The Morgan fingerprint density at radius 2 is 1.84 bits per heavy atom. The molecule has 0 saturated carbocycles. The summed E-state index contributed by atoms with van der Waals surface area (Å²) in [6, 6.07) is 13.3. The maximum Gasteiger partial charge on any atom is 0.269 e. The molecule has 1 aliphatic rings. The Kier molecular flexibility index (Phi) is 10.7. The van der Waals surface area contributed by atoms with Gasteiger partial charge in [0.2, 0.25) is 15.9 Å². The SMILES string of the molecule is CC(C)CN(C[C@@H](O)[C@H](Cc1ccccc1)NC(=O)CN[C@H]1CCOC1)S(=O)(=O)c1ccc([N+](=O)[O-])cc1. The number of rotatable bonds is 14. The van der Waals surface area contributed by atoms with Gasteiger partial charge in [0, 0.05) is 37.9 Å². The van der Waals surface area contributed by atoms with Gasteiger partial charge in [0.05, 0.1) is 35.1 Å². The van der Waals surface area contributed by atoms with Crippen LogP contribution in [0.15, 0.2) is 59.5 Å². The van der Waals surface area contributed by atoms with Crippen LogP contribution in [0, 0.1) is 16.0 Å². The van der Waals surface area contributed by atoms with Gasteiger partial charge in [-0.25, -0.2) is 8.42 Å². The van der Waals surface area contributed by atoms with E-state index in [1.807, 2.05) is 44.2 Å². The fraction of sp³-hybridized carbons (Fsp3) is 0.500. The molecule has 0 aromatic heterocycles. The highest BCUT2D eigenvalue weighted by molar-refractivity contribution is 7.89. The molecule has 3 N–H and O–H groups in total. The number of nitrogens with zero attached hydrogens (tertiary/aromatic N) is 2. The molecule has 0 bridgehead atoms. The number of nitro groups is 1. The molecule has 0 spiro atoms. The van der Waals surface area contributed by atoms with E-state index in [1.165, 1.54) is 16.4 Å². The molecule has 11 nitrogen and oxygen atoms in total. The lowest BCUT2D eigenvalue weighted by Crippen LogP contribution is -2.53. The summed E-state index contributed by atoms with van der Waals surface area (Å²) >= 11 is 0. The van der Waals surface area contributed by atoms with E-state index < -0.39 is 27.1 Å². The molecule has 38 heavy (non-hydrogen) atoms. The van der Waals surface area contributed by atoms with Crippen molar-refractivity contribution < 1.29 is 28.0 Å². The molecule has 0 radical (unpaired) electrons. The fourth-order valence-corrected chi connectivity index (χ4v) is 5.87. The highest BCUT2D eigenvalue weighted by Crippen LogP contribution is 2.22. The molecule has 1 amide bonds. The van der Waals surface area contributed by atoms with Crippen molar-refractivity contribution in [2.75, 3.05) is 32.8 Å². The summed E-state index contributed by atoms with van der Waals surface area (Å²) in [5.74, 6) is -0.375. The summed E-state index contributed by atoms with van der Waals surface area (Å²) in [6.45, 7) is 4.78. The van der Waals surface area contributed by atoms with Gasteiger partial charge >= 0.3 is 0 Å². The van der Waals surface area contributed by atoms with E-state index in [1.54, 1.807) is 0 Å². The van der Waals surface area contributed by atoms with Crippen molar-refractivity contribution in [2.45, 2.75) is 49.8 Å². The molecule has 3 atom stereocenters. The number of aliphatic hydroxyl groups excluding tert-OH is 1. The first-order chi connectivity index (χ1) is 18.1. The number of non-ortho nitro benzene ring substituents is 1. The third-order valence-corrected chi connectivity index (χ3v) is 8.08. The third-order valence-electron chi connectivity index (χ3n) is 6.24. The zero-order valence-electron chi connectivity index (χ0n) is 21.7. The van der Waals surface area contributed by atoms with E-state index in [9.17, 15) is 28.4 Å². The quantitative estimate of drug-likeness (QED) is 0.238. The largest absolute Gasteiger partial charge is 0.390 e. The minimum absolute atomic E-state index is 0.0445. The van der Waals surface area contributed by atoms with Crippen molar-refractivity contribution >= 4 is 21.6 Å². The van der Waals surface area contributed by atoms with Crippen LogP contribution in [0.25, 0.3) is 0 Å². The first-order valence-corrected chi connectivity index (χ1v) is 14.1. The maximum absolute atomic E-state index is 13.5. The first kappa shape index (κ1) is 29.7. The topological polar surface area (TPSA) is 151 Å². The van der Waals surface area contributed by atoms with E-state index >= 15 is 0 Å². The molecule has 1 aliphatic heterocycles. The molecule has 3 rings (SSSR count). The summed E-state index contributed by atoms with van der Waals surface area (Å²) in [7, 11) is -4.08. The zero-order valence-corrected chi connectivity index (χ0v) is 22.5. The van der Waals surface area contributed by atoms with E-state index in [0.717, 1.165) is 24.1 Å². The zero-order chi connectivity index (χ0) is 27.7. The van der Waals surface area contributed by atoms with Crippen molar-refractivity contribution in [3.63, 3.8) is 0 Å². The number of benzene rings is 2. The Bertz CT molecular complexity index is 1150. The van der Waals surface area contributed by atoms with Crippen molar-refractivity contribution in [3.8, 4) is 0 Å². The molecule has 2 aromatic carbocycles. The molecule has 1 saturated heterocycles. The third kappa shape index (κ3) is 8.57. The van der Waals surface area contributed by atoms with Gasteiger partial charge in [-0.05, 0) is 36.5 Å². The smallest absolute Gasteiger partial charge is 0.269 e. The van der Waals surface area contributed by atoms with Crippen LogP contribution in [0.5, 0.6) is 0 Å². The van der Waals surface area contributed by atoms with Crippen LogP contribution < -0.4 is 10.6 Å². The summed E-state index contributed by atoms with van der Waals surface area (Å²) < 4.78 is 33.4. The predicted molar refractivity (Wildman–Crippen MR) is 142 cm³/mol. The molecule has 208 valence electrons. The number of sulfonamides is 1. The molecule has 2 aromatic rings. The van der Waals surface area contributed by atoms with Crippen LogP contribution >= 0.6 is 0 Å². The van der Waals surface area contributed by atoms with Gasteiger partial charge in [-0.2, -0.15) is 4.31 Å². The van der Waals surface area contributed by atoms with Crippen molar-refractivity contribution in [3.05, 3.63) is 70.3 Å². The number of aliphatic hydroxyl groups is 1. The number of ether oxygens (including phenoxy) is 1. The Morgan fingerprint density at radius 3 is 2.42 bits per heavy atom. The second-order valence-electron chi connectivity index (χ2n) is 9.84. The number of hydrogen-bond donors (Lipinski definition) is 3. The molecule has 0 aliphatic carbocycles. The van der Waals surface area contributed by atoms with Gasteiger partial charge < -0.3 is 20.5 Å². The molecular formula is C26H36N4O7S. The lowest BCUT2D eigenvalue weighted by atomic mass is 10.0. The van der Waals surface area contributed by atoms with Gasteiger partial charge in [0.15, 0.2) is 0 Å². The average Bonchev–Trinajstić information content (AvgIpc) is 3.41. The van der Waals surface area contributed by atoms with E-state index in [-0.39, 0.29) is 48.1 Å². The number of amides is 1. The minimum atomic E-state index is -4.08. The number of nitro benzene ring substituents is 1. The summed E-state index contributed by atoms with van der Waals surface area (Å²) in [5, 5.41) is 28.3. The monoisotopic (exact) mass is 548 g/mol. The number of carbonyl (C=O) groups excluding carboxylic acids is 1. The normalized spacial score (nSPS) is 17.4. The van der Waals surface area contributed by atoms with Crippen LogP contribution in [0.3, 0.4) is 0 Å². The van der Waals surface area contributed by atoms with E-state index in [0.29, 0.717) is 19.6 Å². The van der Waals surface area contributed by atoms with E-state index in [4.69, 9.17) is 4.74 Å². The number of nitrogens with one attached hydrogen (secondary N) is 2. The lowest BCUT2D eigenvalue weighted by molar-refractivity contribution is -0.384. The number of hydrogen-bond acceptors (Lipinski definition) is 8. The van der Waals surface area contributed by atoms with E-state index in [2.05, 4.69) is 10.6 Å². The predicted octanol–water partition coefficient (Wildman–Crippen LogP) is 1.71. The maximum atomic E-state index is 13.5. The summed E-state index contributed by atoms with van der Waals surface area (Å²) in [6.07, 6.45) is -0.109. The Balaban J connectivity index is 1.78. The standard InChI is InChI=1S/C26H36N4O7S/c1-19(2)16-29(38(35,36)23-10-8-22(9-11-23)30(33)34)17-25(31)24(14-20-6-4-3-5-7-20)28-26(32)15-27-21-12-13-37-18-21/h3-11,19,21,24-25,27,31H,12-18H2,1-2H3,(H,28,32)/t21-,24-,25+/m0/s1. The second kappa shape index (κ2) is 13.8. The van der Waals surface area contributed by atoms with Crippen molar-refractivity contribution in [1.82, 2.24) is 14.9 Å². The second-order valence-corrected chi connectivity index (χ2v) is 11.8. The van der Waals surface area contributed by atoms with Crippen LogP contribution in [0.4, 0.5) is 5.69 Å². The molecule has 0 unspecified atom stereocenters. The molecule has 1 heterocycles. The molecule has 12 heteroatoms. The van der Waals surface area contributed by atoms with Crippen LogP contribution in [-0.4, -0.2) is 79.7 Å². The Hall–Kier alpha value is -2.90. The van der Waals surface area contributed by atoms with Crippen LogP contribution in [0.1, 0.15) is 25.8 Å². The van der Waals surface area contributed by atoms with Crippen LogP contribution in [-0.2, 0) is 26.0 Å². The Labute approximate surface area is 223 Å². The Morgan fingerprint density at radius 1 is 1.16 bits per heavy atom. The summed E-state index contributed by atoms with van der Waals surface area (Å²) in [4.78, 5) is 23.0. The van der Waals surface area contributed by atoms with Gasteiger partial charge in [-0.15, -0.1) is 0 Å². The highest BCUT2D eigenvalue weighted by atomic mass is 32.2. The molecule has 1 fully saturated rings. The van der Waals surface area contributed by atoms with Gasteiger partial charge in [-0.3, -0.25) is 14.9 Å². The molecular weight excluding hydrogens is 512 g/mol. The lowest BCUT2D eigenvalue weighted by Gasteiger charge is -2.31. The van der Waals surface area contributed by atoms with Crippen LogP contribution in [0.2, 0.25) is 0 Å². The van der Waals surface area contributed by atoms with Gasteiger partial charge in [-0.1, -0.05) is 44.2 Å². The first-order valence-electron chi connectivity index (χ1n) is 12.6. The fourth-order valence-electron chi connectivity index (χ4n) is 4.24. The highest BCUT2D eigenvalue weighted by Gasteiger charge is 2.31. The van der Waals surface area contributed by atoms with Gasteiger partial charge in [0.1, 0.15) is 0 Å². The minimum Gasteiger partial charge on any atom is -0.390 e. The average molecular weight is 549 g/mol. The number of carbonyl (C=O) groups is 1. The summed E-state index contributed by atoms with van der Waals surface area (Å²) in [5.41, 5.74) is 0.658. The van der Waals surface area contributed by atoms with Gasteiger partial charge in [0.25, 0.3) is 5.69 Å². The van der Waals surface area contributed by atoms with Crippen molar-refractivity contribution in [1.29, 1.82) is 0 Å².